The number of hydrogen-bond acceptors (Lipinski definition) is 3. The Morgan fingerprint density at radius 2 is 1.87 bits per heavy atom. The second-order valence-electron chi connectivity index (χ2n) is 5.26. The van der Waals surface area contributed by atoms with E-state index < -0.39 is 12.1 Å². The fourth-order valence-corrected chi connectivity index (χ4v) is 2.79. The van der Waals surface area contributed by atoms with Crippen LogP contribution in [0.2, 0.25) is 0 Å². The smallest absolute Gasteiger partial charge is 0.414 e. The number of rotatable bonds is 2. The van der Waals surface area contributed by atoms with Crippen molar-refractivity contribution in [1.29, 1.82) is 0 Å². The molecule has 118 valence electrons. The van der Waals surface area contributed by atoms with Gasteiger partial charge in [-0.2, -0.15) is 0 Å². The number of carbonyl (C=O) groups is 2. The molecule has 2 aromatic rings. The quantitative estimate of drug-likeness (QED) is 0.919. The standard InChI is InChI=1S/C18H18N2O3/c1-2-23-18(22)20-15-11-7-6-10-14(15)19-17(21)12-16(20)13-8-4-3-5-9-13/h3-11,16H,2,12H2,1H3,(H,19,21). The lowest BCUT2D eigenvalue weighted by atomic mass is 10.0. The number of para-hydroxylation sites is 2. The predicted molar refractivity (Wildman–Crippen MR) is 88.4 cm³/mol. The molecule has 0 saturated heterocycles. The van der Waals surface area contributed by atoms with Crippen molar-refractivity contribution in [2.75, 3.05) is 16.8 Å². The first kappa shape index (κ1) is 15.1. The number of ether oxygens (including phenoxy) is 1. The molecule has 2 amide bonds. The minimum atomic E-state index is -0.453. The third kappa shape index (κ3) is 3.04. The summed E-state index contributed by atoms with van der Waals surface area (Å²) in [6.45, 7) is 2.04. The lowest BCUT2D eigenvalue weighted by Crippen LogP contribution is -2.35. The minimum absolute atomic E-state index is 0.127. The van der Waals surface area contributed by atoms with Crippen molar-refractivity contribution in [3.8, 4) is 0 Å². The van der Waals surface area contributed by atoms with Crippen molar-refractivity contribution >= 4 is 23.4 Å². The number of hydrogen-bond donors (Lipinski definition) is 1. The minimum Gasteiger partial charge on any atom is -0.449 e. The summed E-state index contributed by atoms with van der Waals surface area (Å²) in [6.07, 6.45) is -0.275. The fraction of sp³-hybridized carbons (Fsp3) is 0.222. The summed E-state index contributed by atoms with van der Waals surface area (Å²) in [5, 5.41) is 2.86. The van der Waals surface area contributed by atoms with Gasteiger partial charge in [0, 0.05) is 0 Å². The maximum Gasteiger partial charge on any atom is 0.414 e. The normalized spacial score (nSPS) is 17.0. The molecule has 0 bridgehead atoms. The molecule has 2 aromatic carbocycles. The molecule has 0 aromatic heterocycles. The Labute approximate surface area is 134 Å². The van der Waals surface area contributed by atoms with Crippen LogP contribution in [0.15, 0.2) is 54.6 Å². The van der Waals surface area contributed by atoms with Crippen molar-refractivity contribution in [2.24, 2.45) is 0 Å². The van der Waals surface area contributed by atoms with Gasteiger partial charge < -0.3 is 10.1 Å². The maximum atomic E-state index is 12.6. The summed E-state index contributed by atoms with van der Waals surface area (Å²) in [6, 6.07) is 16.4. The number of anilines is 2. The summed E-state index contributed by atoms with van der Waals surface area (Å²) < 4.78 is 5.23. The Balaban J connectivity index is 2.12. The predicted octanol–water partition coefficient (Wildman–Crippen LogP) is 3.73. The molecular formula is C18H18N2O3. The fourth-order valence-electron chi connectivity index (χ4n) is 2.79. The first-order valence-electron chi connectivity index (χ1n) is 7.60. The Bertz CT molecular complexity index is 715. The van der Waals surface area contributed by atoms with Crippen molar-refractivity contribution < 1.29 is 14.3 Å². The molecule has 5 nitrogen and oxygen atoms in total. The van der Waals surface area contributed by atoms with Crippen LogP contribution < -0.4 is 10.2 Å². The van der Waals surface area contributed by atoms with Gasteiger partial charge in [0.15, 0.2) is 0 Å². The first-order chi connectivity index (χ1) is 11.2. The highest BCUT2D eigenvalue weighted by molar-refractivity contribution is 6.02. The molecule has 0 radical (unpaired) electrons. The van der Waals surface area contributed by atoms with E-state index in [4.69, 9.17) is 4.74 Å². The molecule has 1 N–H and O–H groups in total. The van der Waals surface area contributed by atoms with Crippen LogP contribution >= 0.6 is 0 Å². The highest BCUT2D eigenvalue weighted by atomic mass is 16.6. The van der Waals surface area contributed by atoms with Gasteiger partial charge in [0.2, 0.25) is 5.91 Å². The van der Waals surface area contributed by atoms with Crippen molar-refractivity contribution in [1.82, 2.24) is 0 Å². The molecule has 1 aliphatic heterocycles. The molecule has 1 unspecified atom stereocenters. The first-order valence-corrected chi connectivity index (χ1v) is 7.60. The Morgan fingerprint density at radius 1 is 1.17 bits per heavy atom. The lowest BCUT2D eigenvalue weighted by Gasteiger charge is -2.29. The van der Waals surface area contributed by atoms with Crippen molar-refractivity contribution in [3.63, 3.8) is 0 Å². The van der Waals surface area contributed by atoms with Crippen molar-refractivity contribution in [2.45, 2.75) is 19.4 Å². The van der Waals surface area contributed by atoms with Crippen LogP contribution in [0.25, 0.3) is 0 Å². The van der Waals surface area contributed by atoms with Crippen LogP contribution in [0.4, 0.5) is 16.2 Å². The average Bonchev–Trinajstić information content (AvgIpc) is 2.71. The largest absolute Gasteiger partial charge is 0.449 e. The second kappa shape index (κ2) is 6.52. The van der Waals surface area contributed by atoms with E-state index in [9.17, 15) is 9.59 Å². The Hall–Kier alpha value is -2.82. The zero-order valence-corrected chi connectivity index (χ0v) is 12.9. The number of benzene rings is 2. The Kier molecular flexibility index (Phi) is 4.28. The number of carbonyl (C=O) groups excluding carboxylic acids is 2. The van der Waals surface area contributed by atoms with E-state index in [-0.39, 0.29) is 18.9 Å². The van der Waals surface area contributed by atoms with Crippen LogP contribution in [0.1, 0.15) is 24.9 Å². The molecule has 0 aliphatic carbocycles. The van der Waals surface area contributed by atoms with Gasteiger partial charge in [-0.05, 0) is 24.6 Å². The third-order valence-corrected chi connectivity index (χ3v) is 3.78. The Morgan fingerprint density at radius 3 is 2.61 bits per heavy atom. The highest BCUT2D eigenvalue weighted by Crippen LogP contribution is 2.38. The molecule has 0 fully saturated rings. The number of nitrogens with one attached hydrogen (secondary N) is 1. The number of nitrogens with zero attached hydrogens (tertiary/aromatic N) is 1. The zero-order chi connectivity index (χ0) is 16.2. The van der Waals surface area contributed by atoms with E-state index >= 15 is 0 Å². The van der Waals surface area contributed by atoms with Gasteiger partial charge >= 0.3 is 6.09 Å². The molecule has 0 saturated carbocycles. The van der Waals surface area contributed by atoms with E-state index in [0.29, 0.717) is 11.4 Å². The third-order valence-electron chi connectivity index (χ3n) is 3.78. The lowest BCUT2D eigenvalue weighted by molar-refractivity contribution is -0.116. The van der Waals surface area contributed by atoms with Crippen molar-refractivity contribution in [3.05, 3.63) is 60.2 Å². The highest BCUT2D eigenvalue weighted by Gasteiger charge is 2.34. The maximum absolute atomic E-state index is 12.6. The molecule has 23 heavy (non-hydrogen) atoms. The molecule has 1 heterocycles. The van der Waals surface area contributed by atoms with Gasteiger partial charge in [0.25, 0.3) is 0 Å². The van der Waals surface area contributed by atoms with E-state index in [1.165, 1.54) is 0 Å². The monoisotopic (exact) mass is 310 g/mol. The van der Waals surface area contributed by atoms with Gasteiger partial charge in [-0.1, -0.05) is 42.5 Å². The van der Waals surface area contributed by atoms with Gasteiger partial charge in [0.1, 0.15) is 0 Å². The molecular weight excluding hydrogens is 292 g/mol. The number of amides is 2. The molecule has 5 heteroatoms. The van der Waals surface area contributed by atoms with E-state index in [1.807, 2.05) is 48.5 Å². The van der Waals surface area contributed by atoms with Crippen LogP contribution in [-0.4, -0.2) is 18.6 Å². The van der Waals surface area contributed by atoms with Gasteiger partial charge in [-0.15, -0.1) is 0 Å². The summed E-state index contributed by atoms with van der Waals surface area (Å²) in [7, 11) is 0. The number of fused-ring (bicyclic) bond motifs is 1. The molecule has 0 spiro atoms. The van der Waals surface area contributed by atoms with Gasteiger partial charge in [-0.25, -0.2) is 4.79 Å². The summed E-state index contributed by atoms with van der Waals surface area (Å²) in [4.78, 5) is 26.4. The van der Waals surface area contributed by atoms with Gasteiger partial charge in [0.05, 0.1) is 30.4 Å². The molecule has 1 atom stereocenters. The van der Waals surface area contributed by atoms with Crippen LogP contribution in [0, 0.1) is 0 Å². The van der Waals surface area contributed by atoms with Crippen LogP contribution in [0.3, 0.4) is 0 Å². The SMILES string of the molecule is CCOC(=O)N1c2ccccc2NC(=O)CC1c1ccccc1. The topological polar surface area (TPSA) is 58.6 Å². The zero-order valence-electron chi connectivity index (χ0n) is 12.9. The summed E-state index contributed by atoms with van der Waals surface area (Å²) in [5.74, 6) is -0.127. The van der Waals surface area contributed by atoms with E-state index in [2.05, 4.69) is 5.32 Å². The average molecular weight is 310 g/mol. The molecule has 1 aliphatic rings. The summed E-state index contributed by atoms with van der Waals surface area (Å²) in [5.41, 5.74) is 2.15. The van der Waals surface area contributed by atoms with Gasteiger partial charge in [-0.3, -0.25) is 9.69 Å². The van der Waals surface area contributed by atoms with Crippen LogP contribution in [0.5, 0.6) is 0 Å². The second-order valence-corrected chi connectivity index (χ2v) is 5.26. The van der Waals surface area contributed by atoms with E-state index in [0.717, 1.165) is 5.56 Å². The van der Waals surface area contributed by atoms with E-state index in [1.54, 1.807) is 17.9 Å². The summed E-state index contributed by atoms with van der Waals surface area (Å²) >= 11 is 0. The molecule has 3 rings (SSSR count). The van der Waals surface area contributed by atoms with Crippen LogP contribution in [-0.2, 0) is 9.53 Å².